The molecule has 0 amide bonds. The van der Waals surface area contributed by atoms with Gasteiger partial charge in [0, 0.05) is 30.6 Å². The maximum Gasteiger partial charge on any atom is 0.303 e. The minimum atomic E-state index is -0.771. The van der Waals surface area contributed by atoms with Crippen LogP contribution in [0.2, 0.25) is 0 Å². The van der Waals surface area contributed by atoms with Crippen molar-refractivity contribution in [1.29, 1.82) is 0 Å². The Hall–Kier alpha value is -2.42. The standard InChI is InChI=1S/C29H37FO4/c1-3-4-7-10-21(2)26(31)18-17-24-25(11-8-5-6-9-12-28(32)33)29(19-27(24)34-20-29)22-13-15-23(30)16-14-22/h5,8,13-18,21,24-27,31H,3,6,9-12,19-20H2,1-2H3,(H,32,33)/b8-5+,18-17+/t21-,24-,25-,26+,27?,29?/m0/s1. The van der Waals surface area contributed by atoms with Crippen molar-refractivity contribution >= 4 is 5.97 Å². The first-order valence-electron chi connectivity index (χ1n) is 12.4. The second kappa shape index (κ2) is 12.3. The number of unbranched alkanes of at least 4 members (excludes halogenated alkanes) is 1. The number of aliphatic hydroxyl groups is 1. The van der Waals surface area contributed by atoms with Gasteiger partial charge in [0.2, 0.25) is 0 Å². The number of allylic oxidation sites excluding steroid dienone is 2. The van der Waals surface area contributed by atoms with Crippen LogP contribution >= 0.6 is 0 Å². The van der Waals surface area contributed by atoms with Crippen LogP contribution in [0.1, 0.15) is 64.4 Å². The molecule has 2 bridgehead atoms. The molecule has 0 aromatic heterocycles. The molecule has 3 rings (SSSR count). The summed E-state index contributed by atoms with van der Waals surface area (Å²) in [6.45, 7) is 4.63. The Morgan fingerprint density at radius 3 is 2.76 bits per heavy atom. The smallest absolute Gasteiger partial charge is 0.303 e. The second-order valence-electron chi connectivity index (χ2n) is 9.66. The maximum absolute atomic E-state index is 13.6. The number of rotatable bonds is 11. The fourth-order valence-corrected chi connectivity index (χ4v) is 5.35. The number of ether oxygens (including phenoxy) is 1. The summed E-state index contributed by atoms with van der Waals surface area (Å²) in [5.74, 6) is 5.61. The Morgan fingerprint density at radius 2 is 2.06 bits per heavy atom. The number of carboxylic acid groups (broad SMARTS) is 1. The molecule has 184 valence electrons. The fourth-order valence-electron chi connectivity index (χ4n) is 5.35. The number of halogens is 1. The highest BCUT2D eigenvalue weighted by molar-refractivity contribution is 5.66. The predicted octanol–water partition coefficient (Wildman–Crippen LogP) is 5.66. The predicted molar refractivity (Wildman–Crippen MR) is 132 cm³/mol. The minimum Gasteiger partial charge on any atom is -0.481 e. The van der Waals surface area contributed by atoms with E-state index in [9.17, 15) is 14.3 Å². The number of benzene rings is 1. The largest absolute Gasteiger partial charge is 0.481 e. The fraction of sp³-hybridized carbons (Fsp3) is 0.552. The van der Waals surface area contributed by atoms with Gasteiger partial charge in [-0.3, -0.25) is 4.79 Å². The molecule has 2 aliphatic rings. The lowest BCUT2D eigenvalue weighted by Crippen LogP contribution is -2.39. The van der Waals surface area contributed by atoms with E-state index in [1.54, 1.807) is 0 Å². The van der Waals surface area contributed by atoms with Crippen LogP contribution in [0.3, 0.4) is 0 Å². The summed E-state index contributed by atoms with van der Waals surface area (Å²) in [5, 5.41) is 19.5. The monoisotopic (exact) mass is 468 g/mol. The van der Waals surface area contributed by atoms with Crippen molar-refractivity contribution in [2.45, 2.75) is 76.4 Å². The van der Waals surface area contributed by atoms with Crippen LogP contribution in [0, 0.1) is 35.4 Å². The second-order valence-corrected chi connectivity index (χ2v) is 9.66. The number of carboxylic acids is 1. The number of aliphatic hydroxyl groups excluding tert-OH is 1. The van der Waals surface area contributed by atoms with E-state index in [1.165, 1.54) is 12.1 Å². The van der Waals surface area contributed by atoms with Crippen molar-refractivity contribution in [3.05, 3.63) is 60.0 Å². The zero-order chi connectivity index (χ0) is 24.6. The molecule has 1 saturated heterocycles. The molecule has 0 radical (unpaired) electrons. The van der Waals surface area contributed by atoms with Gasteiger partial charge in [-0.25, -0.2) is 4.39 Å². The summed E-state index contributed by atoms with van der Waals surface area (Å²) in [7, 11) is 0. The van der Waals surface area contributed by atoms with Crippen molar-refractivity contribution in [1.82, 2.24) is 0 Å². The molecule has 1 aliphatic heterocycles. The maximum atomic E-state index is 13.6. The van der Waals surface area contributed by atoms with E-state index in [4.69, 9.17) is 9.84 Å². The van der Waals surface area contributed by atoms with Crippen molar-refractivity contribution in [2.75, 3.05) is 6.61 Å². The average molecular weight is 469 g/mol. The summed E-state index contributed by atoms with van der Waals surface area (Å²) in [5.41, 5.74) is 0.905. The van der Waals surface area contributed by atoms with Gasteiger partial charge in [-0.1, -0.05) is 50.3 Å². The van der Waals surface area contributed by atoms with Crippen LogP contribution in [0.4, 0.5) is 4.39 Å². The third kappa shape index (κ3) is 6.37. The molecule has 2 unspecified atom stereocenters. The third-order valence-electron chi connectivity index (χ3n) is 7.30. The molecule has 1 aromatic carbocycles. The van der Waals surface area contributed by atoms with Crippen LogP contribution < -0.4 is 0 Å². The van der Waals surface area contributed by atoms with Crippen LogP contribution in [0.5, 0.6) is 0 Å². The summed E-state index contributed by atoms with van der Waals surface area (Å²) in [6, 6.07) is 6.78. The van der Waals surface area contributed by atoms with Gasteiger partial charge < -0.3 is 14.9 Å². The van der Waals surface area contributed by atoms with Crippen LogP contribution in [-0.2, 0) is 14.9 Å². The molecule has 2 fully saturated rings. The Morgan fingerprint density at radius 1 is 1.29 bits per heavy atom. The van der Waals surface area contributed by atoms with Gasteiger partial charge in [0.05, 0.1) is 18.8 Å². The van der Waals surface area contributed by atoms with Gasteiger partial charge in [-0.05, 0) is 55.2 Å². The molecule has 5 heteroatoms. The number of hydrogen-bond donors (Lipinski definition) is 2. The topological polar surface area (TPSA) is 66.8 Å². The molecule has 4 nitrogen and oxygen atoms in total. The van der Waals surface area contributed by atoms with E-state index in [2.05, 4.69) is 30.1 Å². The molecule has 0 spiro atoms. The highest BCUT2D eigenvalue weighted by Gasteiger charge is 2.58. The van der Waals surface area contributed by atoms with E-state index in [0.717, 1.165) is 31.2 Å². The van der Waals surface area contributed by atoms with Gasteiger partial charge in [0.1, 0.15) is 5.82 Å². The van der Waals surface area contributed by atoms with Crippen LogP contribution in [0.15, 0.2) is 48.6 Å². The normalized spacial score (nSPS) is 27.7. The Labute approximate surface area is 202 Å². The minimum absolute atomic E-state index is 0.0495. The molecule has 2 N–H and O–H groups in total. The van der Waals surface area contributed by atoms with Crippen LogP contribution in [-0.4, -0.2) is 35.0 Å². The Bertz CT molecular complexity index is 926. The third-order valence-corrected chi connectivity index (χ3v) is 7.30. The molecular weight excluding hydrogens is 431 g/mol. The lowest BCUT2D eigenvalue weighted by molar-refractivity contribution is -0.137. The Kier molecular flexibility index (Phi) is 9.50. The molecule has 1 saturated carbocycles. The highest BCUT2D eigenvalue weighted by Crippen LogP contribution is 2.57. The number of hydrogen-bond acceptors (Lipinski definition) is 3. The zero-order valence-corrected chi connectivity index (χ0v) is 20.3. The van der Waals surface area contributed by atoms with Crippen molar-refractivity contribution in [3.63, 3.8) is 0 Å². The highest BCUT2D eigenvalue weighted by atomic mass is 19.1. The Balaban J connectivity index is 1.76. The van der Waals surface area contributed by atoms with E-state index in [0.29, 0.717) is 19.4 Å². The quantitative estimate of drug-likeness (QED) is 0.250. The molecule has 1 heterocycles. The average Bonchev–Trinajstić information content (AvgIpc) is 3.38. The summed E-state index contributed by atoms with van der Waals surface area (Å²) < 4.78 is 19.8. The summed E-state index contributed by atoms with van der Waals surface area (Å²) >= 11 is 0. The molecule has 34 heavy (non-hydrogen) atoms. The van der Waals surface area contributed by atoms with E-state index < -0.39 is 12.1 Å². The van der Waals surface area contributed by atoms with Gasteiger partial charge in [-0.15, -0.1) is 11.8 Å². The molecule has 1 aromatic rings. The van der Waals surface area contributed by atoms with Gasteiger partial charge >= 0.3 is 5.97 Å². The lowest BCUT2D eigenvalue weighted by Gasteiger charge is -2.38. The lowest BCUT2D eigenvalue weighted by atomic mass is 9.69. The number of aliphatic carboxylic acids is 1. The van der Waals surface area contributed by atoms with E-state index in [-0.39, 0.29) is 41.5 Å². The number of carbonyl (C=O) groups is 1. The SMILES string of the molecule is CCC#CC[C@H](C)[C@H](O)/C=C/[C@@H]1C2CC(c3ccc(F)cc3)(CO2)[C@H]1C/C=C/CCCC(=O)O. The van der Waals surface area contributed by atoms with E-state index in [1.807, 2.05) is 32.1 Å². The first-order chi connectivity index (χ1) is 16.4. The van der Waals surface area contributed by atoms with Gasteiger partial charge in [0.25, 0.3) is 0 Å². The van der Waals surface area contributed by atoms with Crippen molar-refractivity contribution in [2.24, 2.45) is 17.8 Å². The zero-order valence-electron chi connectivity index (χ0n) is 20.3. The molecule has 1 aliphatic carbocycles. The van der Waals surface area contributed by atoms with E-state index >= 15 is 0 Å². The van der Waals surface area contributed by atoms with Gasteiger partial charge in [0.15, 0.2) is 0 Å². The molecular formula is C29H37FO4. The van der Waals surface area contributed by atoms with Crippen molar-refractivity contribution in [3.8, 4) is 11.8 Å². The van der Waals surface area contributed by atoms with Crippen molar-refractivity contribution < 1.29 is 24.1 Å². The van der Waals surface area contributed by atoms with Crippen LogP contribution in [0.25, 0.3) is 0 Å². The van der Waals surface area contributed by atoms with Gasteiger partial charge in [-0.2, -0.15) is 0 Å². The summed E-state index contributed by atoms with van der Waals surface area (Å²) in [4.78, 5) is 10.7. The summed E-state index contributed by atoms with van der Waals surface area (Å²) in [6.07, 6.45) is 12.4. The first kappa shape index (κ1) is 26.2. The first-order valence-corrected chi connectivity index (χ1v) is 12.4. The number of fused-ring (bicyclic) bond motifs is 2. The molecule has 6 atom stereocenters.